The van der Waals surface area contributed by atoms with E-state index in [0.717, 1.165) is 18.4 Å². The second-order valence-corrected chi connectivity index (χ2v) is 13.7. The van der Waals surface area contributed by atoms with Crippen molar-refractivity contribution >= 4 is 21.4 Å². The van der Waals surface area contributed by atoms with Gasteiger partial charge in [-0.25, -0.2) is 8.42 Å². The molecule has 1 saturated heterocycles. The minimum absolute atomic E-state index is 0.0417. The molecular weight excluding hydrogens is 574 g/mol. The summed E-state index contributed by atoms with van der Waals surface area (Å²) in [5.74, 6) is -0.163. The Labute approximate surface area is 250 Å². The predicted molar refractivity (Wildman–Crippen MR) is 162 cm³/mol. The van der Waals surface area contributed by atoms with Crippen molar-refractivity contribution in [1.82, 2.24) is 14.1 Å². The number of hydrogen-bond donors (Lipinski definition) is 1. The fraction of sp³-hybridized carbons (Fsp3) is 0.467. The van der Waals surface area contributed by atoms with E-state index in [0.29, 0.717) is 55.0 Å². The summed E-state index contributed by atoms with van der Waals surface area (Å²) < 4.78 is 35.5. The minimum Gasteiger partial charge on any atom is -0.486 e. The zero-order chi connectivity index (χ0) is 30.8. The fourth-order valence-corrected chi connectivity index (χ4v) is 6.70. The Morgan fingerprint density at radius 1 is 1.12 bits per heavy atom. The SMILES string of the molecule is Cc1cccc(-n2ncc(N3CCN(S(=O)(=O)Cc4ccc(CCCO)c([N+](=O)[O-])c4)CC3)c(OCC3(C)CC3)c2=O)c1. The number of aryl methyl sites for hydroxylation is 2. The number of nitrogens with zero attached hydrogens (tertiary/aromatic N) is 5. The molecule has 0 unspecified atom stereocenters. The summed E-state index contributed by atoms with van der Waals surface area (Å²) in [4.78, 5) is 26.6. The molecule has 43 heavy (non-hydrogen) atoms. The molecule has 2 heterocycles. The summed E-state index contributed by atoms with van der Waals surface area (Å²) in [6, 6.07) is 12.0. The van der Waals surface area contributed by atoms with E-state index in [1.54, 1.807) is 18.3 Å². The van der Waals surface area contributed by atoms with Crippen LogP contribution >= 0.6 is 0 Å². The highest BCUT2D eigenvalue weighted by molar-refractivity contribution is 7.88. The molecule has 0 bridgehead atoms. The quantitative estimate of drug-likeness (QED) is 0.241. The zero-order valence-electron chi connectivity index (χ0n) is 24.4. The number of aromatic nitrogens is 2. The van der Waals surface area contributed by atoms with Crippen LogP contribution in [0.15, 0.2) is 53.5 Å². The summed E-state index contributed by atoms with van der Waals surface area (Å²) >= 11 is 0. The van der Waals surface area contributed by atoms with Crippen LogP contribution in [0.1, 0.15) is 42.9 Å². The van der Waals surface area contributed by atoms with Gasteiger partial charge in [0.05, 0.1) is 29.2 Å². The summed E-state index contributed by atoms with van der Waals surface area (Å²) in [7, 11) is -3.77. The largest absolute Gasteiger partial charge is 0.486 e. The molecule has 13 heteroatoms. The average molecular weight is 612 g/mol. The van der Waals surface area contributed by atoms with Crippen LogP contribution in [0.3, 0.4) is 0 Å². The van der Waals surface area contributed by atoms with Crippen molar-refractivity contribution < 1.29 is 23.2 Å². The highest BCUT2D eigenvalue weighted by Gasteiger charge is 2.39. The van der Waals surface area contributed by atoms with Gasteiger partial charge < -0.3 is 14.7 Å². The molecule has 230 valence electrons. The van der Waals surface area contributed by atoms with Crippen LogP contribution in [0.5, 0.6) is 5.75 Å². The van der Waals surface area contributed by atoms with E-state index in [1.807, 2.05) is 36.1 Å². The van der Waals surface area contributed by atoms with Gasteiger partial charge in [-0.05, 0) is 55.9 Å². The number of rotatable bonds is 12. The Morgan fingerprint density at radius 3 is 2.51 bits per heavy atom. The molecule has 0 spiro atoms. The van der Waals surface area contributed by atoms with E-state index in [1.165, 1.54) is 15.1 Å². The Kier molecular flexibility index (Phi) is 8.86. The summed E-state index contributed by atoms with van der Waals surface area (Å²) in [5.41, 5.74) is 2.47. The Hall–Kier alpha value is -3.81. The number of nitro groups is 1. The van der Waals surface area contributed by atoms with Crippen LogP contribution in [-0.4, -0.2) is 71.9 Å². The molecule has 3 aromatic rings. The molecule has 1 saturated carbocycles. The molecule has 1 aliphatic heterocycles. The minimum atomic E-state index is -3.77. The van der Waals surface area contributed by atoms with Gasteiger partial charge in [0.2, 0.25) is 15.8 Å². The van der Waals surface area contributed by atoms with Gasteiger partial charge in [-0.2, -0.15) is 14.1 Å². The van der Waals surface area contributed by atoms with E-state index in [9.17, 15) is 23.3 Å². The molecule has 5 rings (SSSR count). The van der Waals surface area contributed by atoms with E-state index in [4.69, 9.17) is 9.84 Å². The van der Waals surface area contributed by atoms with Crippen molar-refractivity contribution in [3.63, 3.8) is 0 Å². The third kappa shape index (κ3) is 7.06. The fourth-order valence-electron chi connectivity index (χ4n) is 5.20. The number of aliphatic hydroxyl groups is 1. The van der Waals surface area contributed by atoms with Gasteiger partial charge in [-0.15, -0.1) is 0 Å². The first-order valence-electron chi connectivity index (χ1n) is 14.4. The number of sulfonamides is 1. The van der Waals surface area contributed by atoms with Crippen molar-refractivity contribution in [2.24, 2.45) is 5.41 Å². The van der Waals surface area contributed by atoms with E-state index < -0.39 is 14.9 Å². The van der Waals surface area contributed by atoms with Crippen LogP contribution in [0.25, 0.3) is 5.69 Å². The number of piperazine rings is 1. The second kappa shape index (κ2) is 12.4. The highest BCUT2D eigenvalue weighted by atomic mass is 32.2. The van der Waals surface area contributed by atoms with E-state index >= 15 is 0 Å². The summed E-state index contributed by atoms with van der Waals surface area (Å²) in [6.07, 6.45) is 4.38. The smallest absolute Gasteiger partial charge is 0.316 e. The molecule has 0 amide bonds. The van der Waals surface area contributed by atoms with Gasteiger partial charge in [0.1, 0.15) is 5.69 Å². The lowest BCUT2D eigenvalue weighted by Gasteiger charge is -2.35. The summed E-state index contributed by atoms with van der Waals surface area (Å²) in [5, 5.41) is 25.1. The molecule has 0 atom stereocenters. The first kappa shape index (κ1) is 30.6. The Bertz CT molecular complexity index is 1660. The number of ether oxygens (including phenoxy) is 1. The highest BCUT2D eigenvalue weighted by Crippen LogP contribution is 2.45. The van der Waals surface area contributed by atoms with Gasteiger partial charge in [-0.1, -0.05) is 31.2 Å². The van der Waals surface area contributed by atoms with Crippen molar-refractivity contribution in [3.8, 4) is 11.4 Å². The average Bonchev–Trinajstić information content (AvgIpc) is 3.72. The molecule has 12 nitrogen and oxygen atoms in total. The predicted octanol–water partition coefficient (Wildman–Crippen LogP) is 3.20. The second-order valence-electron chi connectivity index (χ2n) is 11.7. The molecule has 1 N–H and O–H groups in total. The standard InChI is InChI=1S/C30H37N5O7S/c1-22-5-3-7-25(17-22)34-29(37)28(42-21-30(2)10-11-30)27(19-31-34)32-12-14-33(15-13-32)43(40,41)20-23-8-9-24(6-4-16-36)26(18-23)35(38)39/h3,5,7-9,17-19,36H,4,6,10-16,20-21H2,1-2H3. The van der Waals surface area contributed by atoms with Crippen molar-refractivity contribution in [1.29, 1.82) is 0 Å². The maximum atomic E-state index is 13.6. The van der Waals surface area contributed by atoms with Crippen LogP contribution in [0.4, 0.5) is 11.4 Å². The van der Waals surface area contributed by atoms with Gasteiger partial charge in [-0.3, -0.25) is 14.9 Å². The maximum absolute atomic E-state index is 13.6. The molecule has 2 fully saturated rings. The first-order valence-corrected chi connectivity index (χ1v) is 16.0. The Morgan fingerprint density at radius 2 is 1.86 bits per heavy atom. The van der Waals surface area contributed by atoms with Gasteiger partial charge in [0.25, 0.3) is 5.69 Å². The number of anilines is 1. The van der Waals surface area contributed by atoms with Crippen molar-refractivity contribution in [3.05, 3.63) is 85.8 Å². The molecule has 2 aliphatic rings. The number of benzene rings is 2. The van der Waals surface area contributed by atoms with Gasteiger partial charge in [0, 0.05) is 49.8 Å². The lowest BCUT2D eigenvalue weighted by Crippen LogP contribution is -2.49. The van der Waals surface area contributed by atoms with Crippen LogP contribution in [0, 0.1) is 22.5 Å². The monoisotopic (exact) mass is 611 g/mol. The Balaban J connectivity index is 1.33. The maximum Gasteiger partial charge on any atom is 0.316 e. The number of hydrogen-bond acceptors (Lipinski definition) is 9. The molecule has 1 aliphatic carbocycles. The van der Waals surface area contributed by atoms with Crippen LogP contribution in [0.2, 0.25) is 0 Å². The van der Waals surface area contributed by atoms with Crippen molar-refractivity contribution in [2.75, 3.05) is 44.3 Å². The van der Waals surface area contributed by atoms with E-state index in [2.05, 4.69) is 12.0 Å². The summed E-state index contributed by atoms with van der Waals surface area (Å²) in [6.45, 7) is 5.38. The van der Waals surface area contributed by atoms with Crippen LogP contribution in [-0.2, 0) is 22.2 Å². The third-order valence-corrected chi connectivity index (χ3v) is 9.95. The normalized spacial score (nSPS) is 16.7. The van der Waals surface area contributed by atoms with Crippen LogP contribution < -0.4 is 15.2 Å². The van der Waals surface area contributed by atoms with Crippen molar-refractivity contribution in [2.45, 2.75) is 45.3 Å². The topological polar surface area (TPSA) is 148 Å². The van der Waals surface area contributed by atoms with Gasteiger partial charge in [0.15, 0.2) is 0 Å². The molecule has 0 radical (unpaired) electrons. The first-order chi connectivity index (χ1) is 20.5. The lowest BCUT2D eigenvalue weighted by atomic mass is 10.1. The molecular formula is C30H37N5O7S. The third-order valence-electron chi connectivity index (χ3n) is 8.10. The lowest BCUT2D eigenvalue weighted by molar-refractivity contribution is -0.385. The molecule has 1 aromatic heterocycles. The number of nitro benzene ring substituents is 1. The number of aliphatic hydroxyl groups excluding tert-OH is 1. The van der Waals surface area contributed by atoms with E-state index in [-0.39, 0.29) is 47.9 Å². The zero-order valence-corrected chi connectivity index (χ0v) is 25.3. The van der Waals surface area contributed by atoms with Gasteiger partial charge >= 0.3 is 5.56 Å². The molecule has 2 aromatic carbocycles.